The zero-order chi connectivity index (χ0) is 13.7. The lowest BCUT2D eigenvalue weighted by molar-refractivity contribution is -0.140. The number of aliphatic carboxylic acids is 1. The number of thioether (sulfide) groups is 1. The molecule has 0 aliphatic carbocycles. The van der Waals surface area contributed by atoms with E-state index in [4.69, 9.17) is 5.11 Å². The molecule has 0 radical (unpaired) electrons. The van der Waals surface area contributed by atoms with E-state index in [0.29, 0.717) is 5.03 Å². The number of hydrogen-bond acceptors (Lipinski definition) is 5. The van der Waals surface area contributed by atoms with E-state index in [-0.39, 0.29) is 11.7 Å². The second kappa shape index (κ2) is 6.34. The minimum atomic E-state index is -1.06. The molecule has 0 aliphatic heterocycles. The van der Waals surface area contributed by atoms with Gasteiger partial charge in [-0.15, -0.1) is 11.8 Å². The topological polar surface area (TPSA) is 92.2 Å². The molecule has 0 saturated carbocycles. The first-order valence-electron chi connectivity index (χ1n) is 5.33. The Morgan fingerprint density at radius 3 is 2.61 bits per heavy atom. The monoisotopic (exact) mass is 269 g/mol. The van der Waals surface area contributed by atoms with Gasteiger partial charge in [0.05, 0.1) is 17.6 Å². The lowest BCUT2D eigenvalue weighted by Crippen LogP contribution is -2.41. The zero-order valence-corrected chi connectivity index (χ0v) is 11.2. The van der Waals surface area contributed by atoms with Gasteiger partial charge in [0, 0.05) is 12.7 Å². The Labute approximate surface area is 109 Å². The summed E-state index contributed by atoms with van der Waals surface area (Å²) in [6.07, 6.45) is 1.60. The molecule has 1 unspecified atom stereocenters. The maximum Gasteiger partial charge on any atom is 0.327 e. The van der Waals surface area contributed by atoms with Gasteiger partial charge in [-0.25, -0.2) is 9.78 Å². The average molecular weight is 269 g/mol. The van der Waals surface area contributed by atoms with E-state index < -0.39 is 12.0 Å². The summed E-state index contributed by atoms with van der Waals surface area (Å²) >= 11 is 1.25. The molecular weight excluding hydrogens is 254 g/mol. The molecule has 0 aromatic carbocycles. The van der Waals surface area contributed by atoms with Crippen LogP contribution >= 0.6 is 11.8 Å². The molecule has 1 rings (SSSR count). The standard InChI is InChI=1S/C11H15N3O3S/c1-6-7(2)13-10(4-12-6)18-5-9(11(16)17)14-8(3)15/h4,9H,5H2,1-3H3,(H,14,15)(H,16,17). The van der Waals surface area contributed by atoms with E-state index in [1.165, 1.54) is 18.7 Å². The van der Waals surface area contributed by atoms with Crippen LogP contribution in [0, 0.1) is 13.8 Å². The Balaban J connectivity index is 2.64. The fraction of sp³-hybridized carbons (Fsp3) is 0.455. The van der Waals surface area contributed by atoms with Crippen molar-refractivity contribution in [2.75, 3.05) is 5.75 Å². The average Bonchev–Trinajstić information content (AvgIpc) is 2.28. The summed E-state index contributed by atoms with van der Waals surface area (Å²) in [5.74, 6) is -1.21. The van der Waals surface area contributed by atoms with E-state index in [1.807, 2.05) is 13.8 Å². The molecule has 7 heteroatoms. The Kier molecular flexibility index (Phi) is 5.08. The predicted molar refractivity (Wildman–Crippen MR) is 67.5 cm³/mol. The SMILES string of the molecule is CC(=O)NC(CSc1cnc(C)c(C)n1)C(=O)O. The Bertz CT molecular complexity index is 465. The number of aromatic nitrogens is 2. The van der Waals surface area contributed by atoms with Crippen LogP contribution in [0.5, 0.6) is 0 Å². The summed E-state index contributed by atoms with van der Waals surface area (Å²) in [4.78, 5) is 30.2. The third kappa shape index (κ3) is 4.33. The Hall–Kier alpha value is -1.63. The first kappa shape index (κ1) is 14.4. The number of carboxylic acids is 1. The number of carbonyl (C=O) groups excluding carboxylic acids is 1. The maximum absolute atomic E-state index is 10.9. The van der Waals surface area contributed by atoms with E-state index in [0.717, 1.165) is 11.4 Å². The predicted octanol–water partition coefficient (Wildman–Crippen LogP) is 0.775. The number of nitrogens with one attached hydrogen (secondary N) is 1. The molecule has 0 spiro atoms. The van der Waals surface area contributed by atoms with Crippen molar-refractivity contribution in [3.05, 3.63) is 17.6 Å². The van der Waals surface area contributed by atoms with Gasteiger partial charge < -0.3 is 10.4 Å². The van der Waals surface area contributed by atoms with Gasteiger partial charge >= 0.3 is 5.97 Å². The number of carboxylic acid groups (broad SMARTS) is 1. The summed E-state index contributed by atoms with van der Waals surface area (Å²) < 4.78 is 0. The highest BCUT2D eigenvalue weighted by Crippen LogP contribution is 2.16. The largest absolute Gasteiger partial charge is 0.480 e. The third-order valence-electron chi connectivity index (χ3n) is 2.24. The molecular formula is C11H15N3O3S. The fourth-order valence-corrected chi connectivity index (χ4v) is 2.07. The van der Waals surface area contributed by atoms with Gasteiger partial charge in [-0.1, -0.05) is 0 Å². The highest BCUT2D eigenvalue weighted by molar-refractivity contribution is 7.99. The summed E-state index contributed by atoms with van der Waals surface area (Å²) in [5, 5.41) is 12.0. The van der Waals surface area contributed by atoms with Crippen LogP contribution < -0.4 is 5.32 Å². The minimum Gasteiger partial charge on any atom is -0.480 e. The van der Waals surface area contributed by atoms with Crippen LogP contribution in [0.4, 0.5) is 0 Å². The Morgan fingerprint density at radius 2 is 2.11 bits per heavy atom. The summed E-state index contributed by atoms with van der Waals surface area (Å²) in [6.45, 7) is 4.99. The highest BCUT2D eigenvalue weighted by atomic mass is 32.2. The van der Waals surface area contributed by atoms with Gasteiger partial charge in [-0.05, 0) is 13.8 Å². The number of aryl methyl sites for hydroxylation is 2. The normalized spacial score (nSPS) is 11.9. The van der Waals surface area contributed by atoms with Crippen LogP contribution in [0.15, 0.2) is 11.2 Å². The van der Waals surface area contributed by atoms with Crippen LogP contribution in [-0.2, 0) is 9.59 Å². The third-order valence-corrected chi connectivity index (χ3v) is 3.24. The van der Waals surface area contributed by atoms with Crippen molar-refractivity contribution < 1.29 is 14.7 Å². The zero-order valence-electron chi connectivity index (χ0n) is 10.4. The number of carbonyl (C=O) groups is 2. The molecule has 0 saturated heterocycles. The lowest BCUT2D eigenvalue weighted by atomic mass is 10.3. The van der Waals surface area contributed by atoms with Gasteiger partial charge in [0.2, 0.25) is 5.91 Å². The van der Waals surface area contributed by atoms with Gasteiger partial charge in [0.1, 0.15) is 11.1 Å². The van der Waals surface area contributed by atoms with E-state index in [9.17, 15) is 9.59 Å². The van der Waals surface area contributed by atoms with E-state index >= 15 is 0 Å². The molecule has 6 nitrogen and oxygen atoms in total. The molecule has 1 atom stereocenters. The lowest BCUT2D eigenvalue weighted by Gasteiger charge is -2.12. The van der Waals surface area contributed by atoms with Crippen molar-refractivity contribution in [2.45, 2.75) is 31.8 Å². The van der Waals surface area contributed by atoms with E-state index in [2.05, 4.69) is 15.3 Å². The van der Waals surface area contributed by atoms with Crippen LogP contribution in [0.3, 0.4) is 0 Å². The van der Waals surface area contributed by atoms with Crippen molar-refractivity contribution in [1.82, 2.24) is 15.3 Å². The fourth-order valence-electron chi connectivity index (χ4n) is 1.18. The first-order valence-corrected chi connectivity index (χ1v) is 6.31. The second-order valence-electron chi connectivity index (χ2n) is 3.78. The van der Waals surface area contributed by atoms with Gasteiger partial charge in [0.25, 0.3) is 0 Å². The number of hydrogen-bond donors (Lipinski definition) is 2. The van der Waals surface area contributed by atoms with Crippen molar-refractivity contribution in [1.29, 1.82) is 0 Å². The molecule has 98 valence electrons. The number of amides is 1. The van der Waals surface area contributed by atoms with E-state index in [1.54, 1.807) is 6.20 Å². The number of nitrogens with zero attached hydrogens (tertiary/aromatic N) is 2. The molecule has 18 heavy (non-hydrogen) atoms. The molecule has 1 heterocycles. The van der Waals surface area contributed by atoms with Crippen molar-refractivity contribution in [3.8, 4) is 0 Å². The molecule has 0 bridgehead atoms. The van der Waals surface area contributed by atoms with Crippen molar-refractivity contribution >= 4 is 23.6 Å². The van der Waals surface area contributed by atoms with Crippen LogP contribution in [0.2, 0.25) is 0 Å². The van der Waals surface area contributed by atoms with Crippen LogP contribution in [-0.4, -0.2) is 38.7 Å². The number of rotatable bonds is 5. The molecule has 0 aliphatic rings. The van der Waals surface area contributed by atoms with Crippen molar-refractivity contribution in [3.63, 3.8) is 0 Å². The molecule has 2 N–H and O–H groups in total. The van der Waals surface area contributed by atoms with Crippen molar-refractivity contribution in [2.24, 2.45) is 0 Å². The minimum absolute atomic E-state index is 0.214. The summed E-state index contributed by atoms with van der Waals surface area (Å²) in [6, 6.07) is -0.920. The molecule has 1 aromatic heterocycles. The quantitative estimate of drug-likeness (QED) is 0.767. The van der Waals surface area contributed by atoms with Gasteiger partial charge in [-0.2, -0.15) is 0 Å². The van der Waals surface area contributed by atoms with Gasteiger partial charge in [-0.3, -0.25) is 9.78 Å². The summed E-state index contributed by atoms with van der Waals surface area (Å²) in [7, 11) is 0. The van der Waals surface area contributed by atoms with Gasteiger partial charge in [0.15, 0.2) is 0 Å². The second-order valence-corrected chi connectivity index (χ2v) is 4.82. The highest BCUT2D eigenvalue weighted by Gasteiger charge is 2.18. The molecule has 1 amide bonds. The molecule has 0 fully saturated rings. The van der Waals surface area contributed by atoms with Crippen LogP contribution in [0.1, 0.15) is 18.3 Å². The maximum atomic E-state index is 10.9. The smallest absolute Gasteiger partial charge is 0.327 e. The first-order chi connectivity index (χ1) is 8.40. The van der Waals surface area contributed by atoms with Crippen LogP contribution in [0.25, 0.3) is 0 Å². The Morgan fingerprint density at radius 1 is 1.44 bits per heavy atom. The summed E-state index contributed by atoms with van der Waals surface area (Å²) in [5.41, 5.74) is 1.65. The molecule has 1 aromatic rings.